The fourth-order valence-corrected chi connectivity index (χ4v) is 1.63. The maximum Gasteiger partial charge on any atom is 0.256 e. The number of aliphatic hydroxyl groups is 1. The molecule has 0 aliphatic carbocycles. The van der Waals surface area contributed by atoms with Gasteiger partial charge < -0.3 is 10.4 Å². The molecule has 6 heteroatoms. The number of aliphatic hydroxyl groups excluding tert-OH is 1. The van der Waals surface area contributed by atoms with Crippen LogP contribution in [0.15, 0.2) is 0 Å². The monoisotopic (exact) mass is 245 g/mol. The Hall–Kier alpha value is -1.07. The van der Waals surface area contributed by atoms with E-state index in [1.165, 1.54) is 4.68 Å². The summed E-state index contributed by atoms with van der Waals surface area (Å²) in [7, 11) is 1.70. The standard InChI is InChI=1S/C10H16ClN3O2/c1-3-7-8(9(11)14(2)13-7)10(16)12-5-4-6-15/h15H,3-6H2,1-2H3,(H,12,16). The summed E-state index contributed by atoms with van der Waals surface area (Å²) in [4.78, 5) is 11.8. The van der Waals surface area contributed by atoms with Crippen molar-refractivity contribution >= 4 is 17.5 Å². The van der Waals surface area contributed by atoms with Crippen LogP contribution >= 0.6 is 11.6 Å². The van der Waals surface area contributed by atoms with Gasteiger partial charge in [-0.15, -0.1) is 0 Å². The van der Waals surface area contributed by atoms with Gasteiger partial charge in [-0.25, -0.2) is 0 Å². The third-order valence-electron chi connectivity index (χ3n) is 2.23. The van der Waals surface area contributed by atoms with E-state index < -0.39 is 0 Å². The molecule has 16 heavy (non-hydrogen) atoms. The van der Waals surface area contributed by atoms with Crippen molar-refractivity contribution < 1.29 is 9.90 Å². The number of rotatable bonds is 5. The Bertz CT molecular complexity index is 376. The van der Waals surface area contributed by atoms with Crippen molar-refractivity contribution in [2.45, 2.75) is 19.8 Å². The van der Waals surface area contributed by atoms with E-state index in [-0.39, 0.29) is 12.5 Å². The maximum absolute atomic E-state index is 11.8. The average Bonchev–Trinajstić information content (AvgIpc) is 2.55. The first kappa shape index (κ1) is 13.0. The summed E-state index contributed by atoms with van der Waals surface area (Å²) in [6.07, 6.45) is 1.19. The Morgan fingerprint density at radius 3 is 2.88 bits per heavy atom. The van der Waals surface area contributed by atoms with Gasteiger partial charge in [-0.3, -0.25) is 9.48 Å². The quantitative estimate of drug-likeness (QED) is 0.753. The number of nitrogens with zero attached hydrogens (tertiary/aromatic N) is 2. The maximum atomic E-state index is 11.8. The van der Waals surface area contributed by atoms with E-state index >= 15 is 0 Å². The lowest BCUT2D eigenvalue weighted by Gasteiger charge is -2.03. The molecule has 0 aliphatic rings. The van der Waals surface area contributed by atoms with E-state index in [4.69, 9.17) is 16.7 Å². The van der Waals surface area contributed by atoms with Crippen molar-refractivity contribution in [2.24, 2.45) is 7.05 Å². The second-order valence-electron chi connectivity index (χ2n) is 3.42. The van der Waals surface area contributed by atoms with Crippen LogP contribution in [0.1, 0.15) is 29.4 Å². The van der Waals surface area contributed by atoms with Gasteiger partial charge in [-0.1, -0.05) is 18.5 Å². The Morgan fingerprint density at radius 2 is 2.31 bits per heavy atom. The zero-order valence-electron chi connectivity index (χ0n) is 9.46. The van der Waals surface area contributed by atoms with Crippen LogP contribution in [0.2, 0.25) is 5.15 Å². The predicted octanol–water partition coefficient (Wildman–Crippen LogP) is 0.748. The number of nitrogens with one attached hydrogen (secondary N) is 1. The summed E-state index contributed by atoms with van der Waals surface area (Å²) in [5, 5.41) is 15.8. The highest BCUT2D eigenvalue weighted by Gasteiger charge is 2.19. The Balaban J connectivity index is 2.81. The van der Waals surface area contributed by atoms with Crippen molar-refractivity contribution in [2.75, 3.05) is 13.2 Å². The van der Waals surface area contributed by atoms with Gasteiger partial charge in [0.15, 0.2) is 0 Å². The molecule has 5 nitrogen and oxygen atoms in total. The molecule has 0 radical (unpaired) electrons. The van der Waals surface area contributed by atoms with E-state index in [0.29, 0.717) is 35.8 Å². The van der Waals surface area contributed by atoms with E-state index in [2.05, 4.69) is 10.4 Å². The minimum atomic E-state index is -0.233. The van der Waals surface area contributed by atoms with Crippen molar-refractivity contribution in [3.05, 3.63) is 16.4 Å². The number of amides is 1. The highest BCUT2D eigenvalue weighted by molar-refractivity contribution is 6.33. The number of carbonyl (C=O) groups excluding carboxylic acids is 1. The SMILES string of the molecule is CCc1nn(C)c(Cl)c1C(=O)NCCCO. The first-order valence-corrected chi connectivity index (χ1v) is 5.60. The lowest BCUT2D eigenvalue weighted by Crippen LogP contribution is -2.25. The molecular formula is C10H16ClN3O2. The molecule has 1 aromatic rings. The summed E-state index contributed by atoms with van der Waals surface area (Å²) in [5.41, 5.74) is 1.12. The first-order valence-electron chi connectivity index (χ1n) is 5.22. The third-order valence-corrected chi connectivity index (χ3v) is 2.67. The molecule has 0 fully saturated rings. The van der Waals surface area contributed by atoms with Crippen LogP contribution in [0.25, 0.3) is 0 Å². The minimum absolute atomic E-state index is 0.0572. The van der Waals surface area contributed by atoms with Crippen LogP contribution < -0.4 is 5.32 Å². The normalized spacial score (nSPS) is 10.5. The Labute approximate surface area is 99.4 Å². The number of hydrogen-bond donors (Lipinski definition) is 2. The lowest BCUT2D eigenvalue weighted by atomic mass is 10.2. The topological polar surface area (TPSA) is 67.2 Å². The van der Waals surface area contributed by atoms with Crippen LogP contribution in [0, 0.1) is 0 Å². The Kier molecular flexibility index (Phi) is 4.76. The molecule has 0 aromatic carbocycles. The zero-order valence-corrected chi connectivity index (χ0v) is 10.2. The van der Waals surface area contributed by atoms with Crippen LogP contribution in [-0.4, -0.2) is 33.9 Å². The number of hydrogen-bond acceptors (Lipinski definition) is 3. The van der Waals surface area contributed by atoms with Gasteiger partial charge in [0, 0.05) is 20.2 Å². The fraction of sp³-hybridized carbons (Fsp3) is 0.600. The molecule has 1 aromatic heterocycles. The van der Waals surface area contributed by atoms with Crippen LogP contribution in [0.4, 0.5) is 0 Å². The molecule has 0 unspecified atom stereocenters. The molecule has 90 valence electrons. The van der Waals surface area contributed by atoms with Gasteiger partial charge in [0.1, 0.15) is 5.15 Å². The molecular weight excluding hydrogens is 230 g/mol. The molecule has 1 amide bonds. The summed E-state index contributed by atoms with van der Waals surface area (Å²) < 4.78 is 1.49. The second-order valence-corrected chi connectivity index (χ2v) is 3.78. The number of halogens is 1. The van der Waals surface area contributed by atoms with Crippen LogP contribution in [0.3, 0.4) is 0 Å². The molecule has 0 spiro atoms. The molecule has 0 saturated heterocycles. The molecule has 1 rings (SSSR count). The molecule has 0 atom stereocenters. The van der Waals surface area contributed by atoms with Gasteiger partial charge in [0.2, 0.25) is 0 Å². The van der Waals surface area contributed by atoms with E-state index in [0.717, 1.165) is 0 Å². The van der Waals surface area contributed by atoms with E-state index in [1.807, 2.05) is 6.92 Å². The fourth-order valence-electron chi connectivity index (χ4n) is 1.40. The van der Waals surface area contributed by atoms with E-state index in [1.54, 1.807) is 7.05 Å². The molecule has 1 heterocycles. The van der Waals surface area contributed by atoms with Crippen molar-refractivity contribution in [1.29, 1.82) is 0 Å². The molecule has 0 saturated carbocycles. The highest BCUT2D eigenvalue weighted by Crippen LogP contribution is 2.19. The highest BCUT2D eigenvalue weighted by atomic mass is 35.5. The van der Waals surface area contributed by atoms with Gasteiger partial charge in [-0.05, 0) is 12.8 Å². The van der Waals surface area contributed by atoms with E-state index in [9.17, 15) is 4.79 Å². The van der Waals surface area contributed by atoms with Crippen LogP contribution in [0.5, 0.6) is 0 Å². The van der Waals surface area contributed by atoms with Gasteiger partial charge in [0.25, 0.3) is 5.91 Å². The smallest absolute Gasteiger partial charge is 0.256 e. The number of carbonyl (C=O) groups is 1. The lowest BCUT2D eigenvalue weighted by molar-refractivity contribution is 0.0950. The van der Waals surface area contributed by atoms with Gasteiger partial charge in [-0.2, -0.15) is 5.10 Å². The van der Waals surface area contributed by atoms with Gasteiger partial charge in [0.05, 0.1) is 11.3 Å². The average molecular weight is 246 g/mol. The largest absolute Gasteiger partial charge is 0.396 e. The van der Waals surface area contributed by atoms with Crippen molar-refractivity contribution in [1.82, 2.24) is 15.1 Å². The third kappa shape index (κ3) is 2.74. The Morgan fingerprint density at radius 1 is 1.62 bits per heavy atom. The summed E-state index contributed by atoms with van der Waals surface area (Å²) >= 11 is 5.99. The summed E-state index contributed by atoms with van der Waals surface area (Å²) in [6.45, 7) is 2.41. The summed E-state index contributed by atoms with van der Waals surface area (Å²) in [5.74, 6) is -0.233. The number of aryl methyl sites for hydroxylation is 2. The van der Waals surface area contributed by atoms with Crippen LogP contribution in [-0.2, 0) is 13.5 Å². The predicted molar refractivity (Wildman–Crippen MR) is 61.6 cm³/mol. The zero-order chi connectivity index (χ0) is 12.1. The first-order chi connectivity index (χ1) is 7.61. The number of aromatic nitrogens is 2. The van der Waals surface area contributed by atoms with Crippen molar-refractivity contribution in [3.8, 4) is 0 Å². The van der Waals surface area contributed by atoms with Crippen molar-refractivity contribution in [3.63, 3.8) is 0 Å². The minimum Gasteiger partial charge on any atom is -0.396 e. The van der Waals surface area contributed by atoms with Gasteiger partial charge >= 0.3 is 0 Å². The molecule has 0 aliphatic heterocycles. The summed E-state index contributed by atoms with van der Waals surface area (Å²) in [6, 6.07) is 0. The molecule has 2 N–H and O–H groups in total. The second kappa shape index (κ2) is 5.86. The molecule has 0 bridgehead atoms.